The van der Waals surface area contributed by atoms with Crippen molar-refractivity contribution in [2.45, 2.75) is 33.6 Å². The summed E-state index contributed by atoms with van der Waals surface area (Å²) < 4.78 is 0. The summed E-state index contributed by atoms with van der Waals surface area (Å²) in [6.07, 6.45) is 4.54. The molecule has 0 fully saturated rings. The molecule has 0 atom stereocenters. The zero-order valence-electron chi connectivity index (χ0n) is 13.5. The van der Waals surface area contributed by atoms with Crippen molar-refractivity contribution >= 4 is 23.6 Å². The Hall–Kier alpha value is -1.79. The van der Waals surface area contributed by atoms with Crippen LogP contribution in [-0.2, 0) is 6.42 Å². The molecule has 0 heterocycles. The van der Waals surface area contributed by atoms with Gasteiger partial charge in [-0.2, -0.15) is 0 Å². The molecular formula is C21H23Cl. The fourth-order valence-corrected chi connectivity index (χ4v) is 3.15. The van der Waals surface area contributed by atoms with Crippen molar-refractivity contribution < 1.29 is 0 Å². The smallest absolute Gasteiger partial charge is 0.00545 e. The average molecular weight is 311 g/mol. The normalized spacial score (nSPS) is 13.9. The zero-order valence-corrected chi connectivity index (χ0v) is 14.3. The Kier molecular flexibility index (Phi) is 5.26. The van der Waals surface area contributed by atoms with Gasteiger partial charge in [0.1, 0.15) is 0 Å². The Labute approximate surface area is 140 Å². The molecule has 0 bridgehead atoms. The first-order valence-corrected chi connectivity index (χ1v) is 7.74. The van der Waals surface area contributed by atoms with Crippen LogP contribution in [0.2, 0.25) is 0 Å². The molecule has 0 amide bonds. The number of rotatable bonds is 3. The van der Waals surface area contributed by atoms with Crippen LogP contribution in [0.4, 0.5) is 0 Å². The first kappa shape index (κ1) is 16.6. The largest absolute Gasteiger partial charge is 0.147 e. The molecular weight excluding hydrogens is 288 g/mol. The van der Waals surface area contributed by atoms with Gasteiger partial charge in [-0.3, -0.25) is 0 Å². The van der Waals surface area contributed by atoms with E-state index in [-0.39, 0.29) is 12.4 Å². The summed E-state index contributed by atoms with van der Waals surface area (Å²) in [5, 5.41) is 0. The van der Waals surface area contributed by atoms with E-state index in [1.165, 1.54) is 39.0 Å². The Morgan fingerprint density at radius 1 is 0.909 bits per heavy atom. The Morgan fingerprint density at radius 3 is 2.27 bits per heavy atom. The highest BCUT2D eigenvalue weighted by atomic mass is 35.5. The second-order valence-electron chi connectivity index (χ2n) is 5.90. The third kappa shape index (κ3) is 3.18. The van der Waals surface area contributed by atoms with Gasteiger partial charge in [0.15, 0.2) is 0 Å². The van der Waals surface area contributed by atoms with Crippen LogP contribution in [0.1, 0.15) is 42.5 Å². The van der Waals surface area contributed by atoms with Crippen molar-refractivity contribution in [3.05, 3.63) is 82.4 Å². The Balaban J connectivity index is 0.00000176. The topological polar surface area (TPSA) is 0 Å². The molecule has 0 aliphatic heterocycles. The highest BCUT2D eigenvalue weighted by Gasteiger charge is 2.15. The molecule has 1 aliphatic carbocycles. The highest BCUT2D eigenvalue weighted by Crippen LogP contribution is 2.37. The van der Waals surface area contributed by atoms with Crippen molar-refractivity contribution in [2.24, 2.45) is 0 Å². The molecule has 0 saturated heterocycles. The van der Waals surface area contributed by atoms with E-state index in [0.29, 0.717) is 0 Å². The van der Waals surface area contributed by atoms with E-state index < -0.39 is 0 Å². The molecule has 1 heteroatoms. The van der Waals surface area contributed by atoms with Gasteiger partial charge in [0.25, 0.3) is 0 Å². The van der Waals surface area contributed by atoms with Gasteiger partial charge in [-0.05, 0) is 60.1 Å². The van der Waals surface area contributed by atoms with E-state index in [1.807, 2.05) is 0 Å². The summed E-state index contributed by atoms with van der Waals surface area (Å²) in [5.41, 5.74) is 9.85. The number of hydrogen-bond donors (Lipinski definition) is 0. The summed E-state index contributed by atoms with van der Waals surface area (Å²) in [7, 11) is 0. The first-order valence-electron chi connectivity index (χ1n) is 7.74. The van der Waals surface area contributed by atoms with Crippen LogP contribution in [0.15, 0.2) is 60.2 Å². The van der Waals surface area contributed by atoms with E-state index in [1.54, 1.807) is 0 Å². The fourth-order valence-electron chi connectivity index (χ4n) is 3.15. The Bertz CT molecular complexity index is 721. The van der Waals surface area contributed by atoms with E-state index in [0.717, 1.165) is 12.8 Å². The second kappa shape index (κ2) is 6.98. The molecule has 0 N–H and O–H groups in total. The minimum atomic E-state index is 0. The fraction of sp³-hybridized carbons (Fsp3) is 0.238. The summed E-state index contributed by atoms with van der Waals surface area (Å²) in [6.45, 7) is 6.69. The van der Waals surface area contributed by atoms with Crippen LogP contribution in [0, 0.1) is 6.92 Å². The summed E-state index contributed by atoms with van der Waals surface area (Å²) in [4.78, 5) is 0. The summed E-state index contributed by atoms with van der Waals surface area (Å²) >= 11 is 0. The van der Waals surface area contributed by atoms with Gasteiger partial charge in [0.05, 0.1) is 0 Å². The molecule has 0 unspecified atom stereocenters. The standard InChI is InChI=1S/C21H22.ClH/c1-4-17-10-11-19(12-15(17)2)20-13-16(3)21(14-20)18-8-6-5-7-9-18;/h5-12,14H,4,13H2,1-3H3;1H. The van der Waals surface area contributed by atoms with Gasteiger partial charge in [0, 0.05) is 0 Å². The molecule has 0 saturated carbocycles. The van der Waals surface area contributed by atoms with E-state index in [2.05, 4.69) is 75.4 Å². The maximum Gasteiger partial charge on any atom is -0.00545 e. The van der Waals surface area contributed by atoms with Crippen LogP contribution in [0.25, 0.3) is 11.1 Å². The van der Waals surface area contributed by atoms with E-state index in [9.17, 15) is 0 Å². The number of hydrogen-bond acceptors (Lipinski definition) is 0. The number of aryl methyl sites for hydroxylation is 2. The van der Waals surface area contributed by atoms with Crippen molar-refractivity contribution in [3.8, 4) is 0 Å². The highest BCUT2D eigenvalue weighted by molar-refractivity contribution is 5.91. The number of allylic oxidation sites excluding steroid dienone is 4. The van der Waals surface area contributed by atoms with Crippen molar-refractivity contribution in [2.75, 3.05) is 0 Å². The van der Waals surface area contributed by atoms with Gasteiger partial charge in [0.2, 0.25) is 0 Å². The minimum absolute atomic E-state index is 0. The van der Waals surface area contributed by atoms with Crippen molar-refractivity contribution in [1.82, 2.24) is 0 Å². The van der Waals surface area contributed by atoms with Gasteiger partial charge >= 0.3 is 0 Å². The van der Waals surface area contributed by atoms with Crippen LogP contribution < -0.4 is 0 Å². The molecule has 0 nitrogen and oxygen atoms in total. The van der Waals surface area contributed by atoms with Gasteiger partial charge in [-0.1, -0.05) is 67.1 Å². The lowest BCUT2D eigenvalue weighted by molar-refractivity contribution is 1.11. The summed E-state index contributed by atoms with van der Waals surface area (Å²) in [6, 6.07) is 17.6. The quantitative estimate of drug-likeness (QED) is 0.629. The lowest BCUT2D eigenvalue weighted by Crippen LogP contribution is -1.89. The third-order valence-electron chi connectivity index (χ3n) is 4.41. The molecule has 2 aromatic rings. The van der Waals surface area contributed by atoms with Gasteiger partial charge in [-0.15, -0.1) is 12.4 Å². The Morgan fingerprint density at radius 2 is 1.64 bits per heavy atom. The molecule has 0 spiro atoms. The maximum atomic E-state index is 2.37. The molecule has 2 aromatic carbocycles. The lowest BCUT2D eigenvalue weighted by atomic mass is 9.97. The van der Waals surface area contributed by atoms with Crippen LogP contribution in [-0.4, -0.2) is 0 Å². The molecule has 0 aromatic heterocycles. The lowest BCUT2D eigenvalue weighted by Gasteiger charge is -2.08. The molecule has 0 radical (unpaired) electrons. The van der Waals surface area contributed by atoms with Crippen LogP contribution >= 0.6 is 12.4 Å². The average Bonchev–Trinajstić information content (AvgIpc) is 2.90. The third-order valence-corrected chi connectivity index (χ3v) is 4.41. The number of halogens is 1. The summed E-state index contributed by atoms with van der Waals surface area (Å²) in [5.74, 6) is 0. The van der Waals surface area contributed by atoms with E-state index in [4.69, 9.17) is 0 Å². The minimum Gasteiger partial charge on any atom is -0.147 e. The zero-order chi connectivity index (χ0) is 14.8. The predicted molar refractivity (Wildman–Crippen MR) is 99.4 cm³/mol. The monoisotopic (exact) mass is 310 g/mol. The van der Waals surface area contributed by atoms with Gasteiger partial charge < -0.3 is 0 Å². The molecule has 114 valence electrons. The maximum absolute atomic E-state index is 2.37. The SMILES string of the molecule is CCc1ccc(C2=CC(c3ccccc3)=C(C)C2)cc1C.Cl. The molecule has 3 rings (SSSR count). The van der Waals surface area contributed by atoms with Crippen LogP contribution in [0.5, 0.6) is 0 Å². The number of benzene rings is 2. The first-order chi connectivity index (χ1) is 10.2. The van der Waals surface area contributed by atoms with Crippen LogP contribution in [0.3, 0.4) is 0 Å². The molecule has 1 aliphatic rings. The van der Waals surface area contributed by atoms with E-state index >= 15 is 0 Å². The van der Waals surface area contributed by atoms with Crippen molar-refractivity contribution in [1.29, 1.82) is 0 Å². The second-order valence-corrected chi connectivity index (χ2v) is 5.90. The van der Waals surface area contributed by atoms with Gasteiger partial charge in [-0.25, -0.2) is 0 Å². The molecule has 22 heavy (non-hydrogen) atoms. The predicted octanol–water partition coefficient (Wildman–Crippen LogP) is 6.24. The van der Waals surface area contributed by atoms with Crippen molar-refractivity contribution in [3.63, 3.8) is 0 Å².